The summed E-state index contributed by atoms with van der Waals surface area (Å²) >= 11 is 0. The van der Waals surface area contributed by atoms with Gasteiger partial charge in [0.2, 0.25) is 0 Å². The van der Waals surface area contributed by atoms with Gasteiger partial charge in [-0.1, -0.05) is 51.5 Å². The Morgan fingerprint density at radius 1 is 1.15 bits per heavy atom. The first-order valence-electron chi connectivity index (χ1n) is 7.45. The molecule has 4 heteroatoms. The fraction of sp³-hybridized carbons (Fsp3) is 0.562. The molecule has 1 amide bonds. The van der Waals surface area contributed by atoms with Crippen LogP contribution in [0.25, 0.3) is 0 Å². The first-order valence-corrected chi connectivity index (χ1v) is 7.45. The Morgan fingerprint density at radius 2 is 1.85 bits per heavy atom. The van der Waals surface area contributed by atoms with Crippen LogP contribution >= 0.6 is 0 Å². The maximum atomic E-state index is 11.5. The maximum Gasteiger partial charge on any atom is 0.411 e. The molecule has 1 aromatic rings. The van der Waals surface area contributed by atoms with Crippen molar-refractivity contribution in [1.82, 2.24) is 0 Å². The maximum absolute atomic E-state index is 11.5. The highest BCUT2D eigenvalue weighted by Gasteiger charge is 2.03. The average Bonchev–Trinajstić information content (AvgIpc) is 2.42. The lowest BCUT2D eigenvalue weighted by Gasteiger charge is -2.07. The summed E-state index contributed by atoms with van der Waals surface area (Å²) in [5.41, 5.74) is 0.537. The number of unbranched alkanes of at least 4 members (excludes halogenated alkanes) is 6. The van der Waals surface area contributed by atoms with Crippen LogP contribution in [0.4, 0.5) is 10.5 Å². The smallest absolute Gasteiger partial charge is 0.411 e. The summed E-state index contributed by atoms with van der Waals surface area (Å²) < 4.78 is 5.08. The number of phenolic OH excluding ortho intramolecular Hbond substituents is 1. The van der Waals surface area contributed by atoms with E-state index in [0.717, 1.165) is 12.8 Å². The van der Waals surface area contributed by atoms with Crippen molar-refractivity contribution < 1.29 is 14.6 Å². The van der Waals surface area contributed by atoms with Crippen LogP contribution in [0.15, 0.2) is 24.3 Å². The van der Waals surface area contributed by atoms with Crippen molar-refractivity contribution in [2.75, 3.05) is 11.9 Å². The molecular weight excluding hydrogens is 254 g/mol. The van der Waals surface area contributed by atoms with Gasteiger partial charge in [-0.15, -0.1) is 0 Å². The fourth-order valence-electron chi connectivity index (χ4n) is 1.96. The summed E-state index contributed by atoms with van der Waals surface area (Å²) in [6, 6.07) is 6.40. The first kappa shape index (κ1) is 16.3. The number of rotatable bonds is 9. The molecule has 1 aromatic carbocycles. The van der Waals surface area contributed by atoms with E-state index in [4.69, 9.17) is 4.74 Å². The third kappa shape index (κ3) is 7.67. The molecule has 2 N–H and O–H groups in total. The minimum Gasteiger partial charge on any atom is -0.508 e. The Balaban J connectivity index is 2.03. The molecule has 0 spiro atoms. The van der Waals surface area contributed by atoms with Crippen molar-refractivity contribution in [1.29, 1.82) is 0 Å². The summed E-state index contributed by atoms with van der Waals surface area (Å²) in [4.78, 5) is 11.5. The monoisotopic (exact) mass is 279 g/mol. The largest absolute Gasteiger partial charge is 0.508 e. The summed E-state index contributed by atoms with van der Waals surface area (Å²) in [5, 5.41) is 11.8. The number of aromatic hydroxyl groups is 1. The molecule has 0 saturated heterocycles. The highest BCUT2D eigenvalue weighted by Crippen LogP contribution is 2.15. The van der Waals surface area contributed by atoms with Gasteiger partial charge in [-0.05, 0) is 18.6 Å². The molecule has 0 aliphatic heterocycles. The average molecular weight is 279 g/mol. The van der Waals surface area contributed by atoms with Crippen LogP contribution in [0.2, 0.25) is 0 Å². The second kappa shape index (κ2) is 10.1. The van der Waals surface area contributed by atoms with Gasteiger partial charge in [-0.25, -0.2) is 4.79 Å². The minimum atomic E-state index is -0.471. The quantitative estimate of drug-likeness (QED) is 0.645. The lowest BCUT2D eigenvalue weighted by atomic mass is 10.1. The van der Waals surface area contributed by atoms with Crippen LogP contribution in [0.5, 0.6) is 5.75 Å². The van der Waals surface area contributed by atoms with Crippen molar-refractivity contribution in [2.24, 2.45) is 0 Å². The Bertz CT molecular complexity index is 393. The van der Waals surface area contributed by atoms with Crippen LogP contribution in [0, 0.1) is 0 Å². The lowest BCUT2D eigenvalue weighted by molar-refractivity contribution is 0.159. The van der Waals surface area contributed by atoms with Gasteiger partial charge in [0, 0.05) is 11.8 Å². The number of nitrogens with one attached hydrogen (secondary N) is 1. The van der Waals surface area contributed by atoms with E-state index in [1.807, 2.05) is 0 Å². The number of phenols is 1. The van der Waals surface area contributed by atoms with Crippen LogP contribution < -0.4 is 5.32 Å². The lowest BCUT2D eigenvalue weighted by Crippen LogP contribution is -2.14. The molecule has 4 nitrogen and oxygen atoms in total. The number of carbonyl (C=O) groups is 1. The van der Waals surface area contributed by atoms with E-state index >= 15 is 0 Å². The fourth-order valence-corrected chi connectivity index (χ4v) is 1.96. The molecule has 20 heavy (non-hydrogen) atoms. The first-order chi connectivity index (χ1) is 9.72. The normalized spacial score (nSPS) is 10.2. The molecular formula is C16H25NO3. The third-order valence-electron chi connectivity index (χ3n) is 3.07. The zero-order valence-corrected chi connectivity index (χ0v) is 12.2. The summed E-state index contributed by atoms with van der Waals surface area (Å²) in [6.07, 6.45) is 7.88. The number of anilines is 1. The minimum absolute atomic E-state index is 0.120. The summed E-state index contributed by atoms with van der Waals surface area (Å²) in [7, 11) is 0. The molecule has 0 bridgehead atoms. The van der Waals surface area contributed by atoms with Gasteiger partial charge in [0.05, 0.1) is 6.61 Å². The topological polar surface area (TPSA) is 58.6 Å². The molecule has 0 radical (unpaired) electrons. The second-order valence-electron chi connectivity index (χ2n) is 4.93. The zero-order valence-electron chi connectivity index (χ0n) is 12.2. The highest BCUT2D eigenvalue weighted by atomic mass is 16.5. The van der Waals surface area contributed by atoms with Crippen LogP contribution in [-0.4, -0.2) is 17.8 Å². The highest BCUT2D eigenvalue weighted by molar-refractivity contribution is 5.84. The van der Waals surface area contributed by atoms with Gasteiger partial charge in [-0.2, -0.15) is 0 Å². The van der Waals surface area contributed by atoms with E-state index in [2.05, 4.69) is 12.2 Å². The molecule has 0 aliphatic rings. The van der Waals surface area contributed by atoms with Gasteiger partial charge in [0.25, 0.3) is 0 Å². The van der Waals surface area contributed by atoms with E-state index in [1.165, 1.54) is 38.2 Å². The number of benzene rings is 1. The Labute approximate surface area is 121 Å². The molecule has 0 fully saturated rings. The standard InChI is InChI=1S/C16H25NO3/c1-2-3-4-5-6-7-8-12-20-16(19)17-14-10-9-11-15(18)13-14/h9-11,13,18H,2-8,12H2,1H3,(H,17,19). The number of ether oxygens (including phenoxy) is 1. The van der Waals surface area contributed by atoms with Gasteiger partial charge >= 0.3 is 6.09 Å². The predicted molar refractivity (Wildman–Crippen MR) is 81.1 cm³/mol. The Hall–Kier alpha value is -1.71. The third-order valence-corrected chi connectivity index (χ3v) is 3.07. The van der Waals surface area contributed by atoms with Gasteiger partial charge < -0.3 is 9.84 Å². The van der Waals surface area contributed by atoms with Crippen molar-refractivity contribution >= 4 is 11.8 Å². The second-order valence-corrected chi connectivity index (χ2v) is 4.93. The summed E-state index contributed by atoms with van der Waals surface area (Å²) in [6.45, 7) is 2.65. The van der Waals surface area contributed by atoms with Crippen molar-refractivity contribution in [3.8, 4) is 5.75 Å². The van der Waals surface area contributed by atoms with Crippen LogP contribution in [-0.2, 0) is 4.74 Å². The van der Waals surface area contributed by atoms with Crippen molar-refractivity contribution in [2.45, 2.75) is 51.9 Å². The number of amides is 1. The van der Waals surface area contributed by atoms with Crippen molar-refractivity contribution in [3.05, 3.63) is 24.3 Å². The van der Waals surface area contributed by atoms with E-state index in [1.54, 1.807) is 18.2 Å². The van der Waals surface area contributed by atoms with Crippen LogP contribution in [0.3, 0.4) is 0 Å². The number of hydrogen-bond acceptors (Lipinski definition) is 3. The van der Waals surface area contributed by atoms with E-state index in [-0.39, 0.29) is 5.75 Å². The predicted octanol–water partition coefficient (Wildman–Crippen LogP) is 4.69. The van der Waals surface area contributed by atoms with Gasteiger partial charge in [0.1, 0.15) is 5.75 Å². The molecule has 0 aromatic heterocycles. The van der Waals surface area contributed by atoms with E-state index in [9.17, 15) is 9.90 Å². The molecule has 0 atom stereocenters. The molecule has 0 aliphatic carbocycles. The number of carbonyl (C=O) groups excluding carboxylic acids is 1. The van der Waals surface area contributed by atoms with Gasteiger partial charge in [0.15, 0.2) is 0 Å². The molecule has 0 saturated carbocycles. The number of hydrogen-bond donors (Lipinski definition) is 2. The van der Waals surface area contributed by atoms with Crippen LogP contribution in [0.1, 0.15) is 51.9 Å². The van der Waals surface area contributed by atoms with Gasteiger partial charge in [-0.3, -0.25) is 5.32 Å². The zero-order chi connectivity index (χ0) is 14.6. The molecule has 112 valence electrons. The molecule has 0 heterocycles. The van der Waals surface area contributed by atoms with E-state index in [0.29, 0.717) is 12.3 Å². The van der Waals surface area contributed by atoms with Crippen molar-refractivity contribution in [3.63, 3.8) is 0 Å². The Morgan fingerprint density at radius 3 is 2.55 bits per heavy atom. The SMILES string of the molecule is CCCCCCCCCOC(=O)Nc1cccc(O)c1. The summed E-state index contributed by atoms with van der Waals surface area (Å²) in [5.74, 6) is 0.120. The Kier molecular flexibility index (Phi) is 8.27. The van der Waals surface area contributed by atoms with E-state index < -0.39 is 6.09 Å². The molecule has 0 unspecified atom stereocenters. The molecule has 1 rings (SSSR count).